The first-order valence-electron chi connectivity index (χ1n) is 8.82. The molecule has 1 atom stereocenters. The highest BCUT2D eigenvalue weighted by Crippen LogP contribution is 2.35. The third-order valence-electron chi connectivity index (χ3n) is 5.04. The molecule has 4 nitrogen and oxygen atoms in total. The highest BCUT2D eigenvalue weighted by molar-refractivity contribution is 7.89. The molecule has 0 spiro atoms. The molecular formula is C18H23F3N2O2S. The van der Waals surface area contributed by atoms with Crippen molar-refractivity contribution in [3.05, 3.63) is 42.0 Å². The first-order valence-corrected chi connectivity index (χ1v) is 10.3. The summed E-state index contributed by atoms with van der Waals surface area (Å²) in [6.07, 6.45) is 2.92. The van der Waals surface area contributed by atoms with E-state index in [1.807, 2.05) is 0 Å². The summed E-state index contributed by atoms with van der Waals surface area (Å²) in [5, 5.41) is 0. The van der Waals surface area contributed by atoms with Crippen LogP contribution in [0.5, 0.6) is 0 Å². The third kappa shape index (κ3) is 4.29. The summed E-state index contributed by atoms with van der Waals surface area (Å²) in [5.74, 6) is 0.578. The maximum Gasteiger partial charge on any atom is 0.417 e. The molecule has 1 aliphatic carbocycles. The van der Waals surface area contributed by atoms with Gasteiger partial charge in [0.1, 0.15) is 0 Å². The highest BCUT2D eigenvalue weighted by atomic mass is 32.2. The Morgan fingerprint density at radius 2 is 1.73 bits per heavy atom. The lowest BCUT2D eigenvalue weighted by Gasteiger charge is -2.36. The number of nitrogens with zero attached hydrogens (tertiary/aromatic N) is 2. The van der Waals surface area contributed by atoms with Crippen LogP contribution in [0.15, 0.2) is 41.3 Å². The van der Waals surface area contributed by atoms with E-state index in [-0.39, 0.29) is 13.1 Å². The zero-order valence-electron chi connectivity index (χ0n) is 14.5. The normalized spacial score (nSPS) is 23.3. The Kier molecular flexibility index (Phi) is 5.74. The number of halogens is 3. The van der Waals surface area contributed by atoms with Crippen LogP contribution in [0.1, 0.15) is 24.8 Å². The smallest absolute Gasteiger partial charge is 0.300 e. The summed E-state index contributed by atoms with van der Waals surface area (Å²) in [4.78, 5) is 1.56. The molecule has 0 aromatic heterocycles. The number of allylic oxidation sites excluding steroid dienone is 2. The molecular weight excluding hydrogens is 365 g/mol. The lowest BCUT2D eigenvalue weighted by atomic mass is 9.94. The second-order valence-electron chi connectivity index (χ2n) is 6.85. The van der Waals surface area contributed by atoms with Crippen molar-refractivity contribution in [2.45, 2.75) is 30.3 Å². The van der Waals surface area contributed by atoms with Crippen molar-refractivity contribution in [2.24, 2.45) is 5.92 Å². The number of piperazine rings is 1. The molecule has 1 fully saturated rings. The molecule has 0 saturated carbocycles. The number of alkyl halides is 3. The van der Waals surface area contributed by atoms with Crippen LogP contribution in [-0.2, 0) is 16.2 Å². The molecule has 0 unspecified atom stereocenters. The van der Waals surface area contributed by atoms with Gasteiger partial charge in [-0.05, 0) is 37.3 Å². The van der Waals surface area contributed by atoms with E-state index in [0.717, 1.165) is 37.9 Å². The summed E-state index contributed by atoms with van der Waals surface area (Å²) in [5.41, 5.74) is -1.10. The molecule has 0 N–H and O–H groups in total. The second-order valence-corrected chi connectivity index (χ2v) is 8.76. The maximum atomic E-state index is 13.2. The summed E-state index contributed by atoms with van der Waals surface area (Å²) >= 11 is 0. The molecule has 144 valence electrons. The minimum absolute atomic E-state index is 0.219. The SMILES string of the molecule is O=S(=O)(c1ccccc1C(F)(F)F)N1CCN(C[C@@H]2CC=CCC2)CC1. The molecule has 0 amide bonds. The Bertz CT molecular complexity index is 754. The van der Waals surface area contributed by atoms with Crippen molar-refractivity contribution in [1.29, 1.82) is 0 Å². The van der Waals surface area contributed by atoms with Gasteiger partial charge in [-0.2, -0.15) is 17.5 Å². The molecule has 1 aliphatic heterocycles. The number of rotatable bonds is 4. The van der Waals surface area contributed by atoms with Crippen molar-refractivity contribution in [3.63, 3.8) is 0 Å². The van der Waals surface area contributed by atoms with Crippen molar-refractivity contribution < 1.29 is 21.6 Å². The first-order chi connectivity index (χ1) is 12.3. The van der Waals surface area contributed by atoms with Crippen LogP contribution in [0.3, 0.4) is 0 Å². The summed E-state index contributed by atoms with van der Waals surface area (Å²) in [7, 11) is -4.16. The topological polar surface area (TPSA) is 40.6 Å². The van der Waals surface area contributed by atoms with Crippen molar-refractivity contribution >= 4 is 10.0 Å². The minimum Gasteiger partial charge on any atom is -0.300 e. The zero-order chi connectivity index (χ0) is 18.8. The summed E-state index contributed by atoms with van der Waals surface area (Å²) in [6, 6.07) is 4.39. The van der Waals surface area contributed by atoms with Gasteiger partial charge in [0.05, 0.1) is 10.5 Å². The molecule has 26 heavy (non-hydrogen) atoms. The Morgan fingerprint density at radius 3 is 2.35 bits per heavy atom. The third-order valence-corrected chi connectivity index (χ3v) is 6.99. The Morgan fingerprint density at radius 1 is 1.04 bits per heavy atom. The van der Waals surface area contributed by atoms with Gasteiger partial charge in [-0.3, -0.25) is 0 Å². The van der Waals surface area contributed by atoms with E-state index in [4.69, 9.17) is 0 Å². The molecule has 1 saturated heterocycles. The summed E-state index contributed by atoms with van der Waals surface area (Å²) < 4.78 is 66.2. The van der Waals surface area contributed by atoms with E-state index in [0.29, 0.717) is 19.0 Å². The molecule has 0 bridgehead atoms. The Balaban J connectivity index is 1.68. The van der Waals surface area contributed by atoms with Crippen molar-refractivity contribution in [2.75, 3.05) is 32.7 Å². The van der Waals surface area contributed by atoms with Crippen LogP contribution in [0, 0.1) is 5.92 Å². The van der Waals surface area contributed by atoms with Crippen molar-refractivity contribution in [1.82, 2.24) is 9.21 Å². The number of benzene rings is 1. The van der Waals surface area contributed by atoms with E-state index < -0.39 is 26.7 Å². The van der Waals surface area contributed by atoms with Crippen LogP contribution in [0.25, 0.3) is 0 Å². The Labute approximate surface area is 152 Å². The fourth-order valence-electron chi connectivity index (χ4n) is 3.60. The molecule has 3 rings (SSSR count). The number of sulfonamides is 1. The van der Waals surface area contributed by atoms with Gasteiger partial charge in [0, 0.05) is 32.7 Å². The average Bonchev–Trinajstić information content (AvgIpc) is 2.62. The zero-order valence-corrected chi connectivity index (χ0v) is 15.3. The van der Waals surface area contributed by atoms with Gasteiger partial charge >= 0.3 is 6.18 Å². The van der Waals surface area contributed by atoms with Gasteiger partial charge in [-0.25, -0.2) is 8.42 Å². The van der Waals surface area contributed by atoms with E-state index >= 15 is 0 Å². The lowest BCUT2D eigenvalue weighted by Crippen LogP contribution is -2.49. The van der Waals surface area contributed by atoms with Crippen LogP contribution < -0.4 is 0 Å². The predicted molar refractivity (Wildman–Crippen MR) is 93.1 cm³/mol. The van der Waals surface area contributed by atoms with Gasteiger partial charge in [0.15, 0.2) is 0 Å². The average molecular weight is 388 g/mol. The van der Waals surface area contributed by atoms with Crippen LogP contribution in [-0.4, -0.2) is 50.3 Å². The van der Waals surface area contributed by atoms with E-state index in [9.17, 15) is 21.6 Å². The highest BCUT2D eigenvalue weighted by Gasteiger charge is 2.39. The molecule has 2 aliphatic rings. The quantitative estimate of drug-likeness (QED) is 0.743. The molecule has 1 aromatic carbocycles. The van der Waals surface area contributed by atoms with Gasteiger partial charge in [0.2, 0.25) is 10.0 Å². The fraction of sp³-hybridized carbons (Fsp3) is 0.556. The van der Waals surface area contributed by atoms with Gasteiger partial charge in [0.25, 0.3) is 0 Å². The molecule has 1 heterocycles. The van der Waals surface area contributed by atoms with E-state index in [2.05, 4.69) is 17.1 Å². The lowest BCUT2D eigenvalue weighted by molar-refractivity contribution is -0.139. The van der Waals surface area contributed by atoms with E-state index in [1.54, 1.807) is 0 Å². The van der Waals surface area contributed by atoms with Gasteiger partial charge in [-0.15, -0.1) is 0 Å². The standard InChI is InChI=1S/C18H23F3N2O2S/c19-18(20,21)16-8-4-5-9-17(16)26(24,25)23-12-10-22(11-13-23)14-15-6-2-1-3-7-15/h1-2,4-5,8-9,15H,3,6-7,10-14H2/t15-/m1/s1. The number of hydrogen-bond acceptors (Lipinski definition) is 3. The van der Waals surface area contributed by atoms with Gasteiger partial charge < -0.3 is 4.90 Å². The largest absolute Gasteiger partial charge is 0.417 e. The summed E-state index contributed by atoms with van der Waals surface area (Å²) in [6.45, 7) is 2.45. The molecule has 8 heteroatoms. The predicted octanol–water partition coefficient (Wildman–Crippen LogP) is 3.37. The van der Waals surface area contributed by atoms with Crippen molar-refractivity contribution in [3.8, 4) is 0 Å². The monoisotopic (exact) mass is 388 g/mol. The van der Waals surface area contributed by atoms with Crippen LogP contribution in [0.4, 0.5) is 13.2 Å². The van der Waals surface area contributed by atoms with Gasteiger partial charge in [-0.1, -0.05) is 24.3 Å². The Hall–Kier alpha value is -1.38. The first kappa shape index (κ1) is 19.4. The van der Waals surface area contributed by atoms with E-state index in [1.165, 1.54) is 16.4 Å². The number of hydrogen-bond donors (Lipinski definition) is 0. The fourth-order valence-corrected chi connectivity index (χ4v) is 5.24. The van der Waals surface area contributed by atoms with Crippen LogP contribution >= 0.6 is 0 Å². The minimum atomic E-state index is -4.69. The molecule has 1 aromatic rings. The van der Waals surface area contributed by atoms with Crippen LogP contribution in [0.2, 0.25) is 0 Å². The second kappa shape index (κ2) is 7.70. The maximum absolute atomic E-state index is 13.2. The molecule has 0 radical (unpaired) electrons.